The normalized spacial score (nSPS) is 22.0. The Hall–Kier alpha value is -3.37. The molecule has 0 bridgehead atoms. The molecule has 11 heteroatoms. The number of hydrogen-bond acceptors (Lipinski definition) is 6. The fraction of sp³-hybridized carbons (Fsp3) is 0.318. The molecular weight excluding hydrogens is 451 g/mol. The highest BCUT2D eigenvalue weighted by Crippen LogP contribution is 2.48. The molecule has 0 radical (unpaired) electrons. The van der Waals surface area contributed by atoms with Crippen molar-refractivity contribution in [1.29, 1.82) is 0 Å². The molecule has 2 N–H and O–H groups in total. The van der Waals surface area contributed by atoms with E-state index < -0.39 is 23.9 Å². The van der Waals surface area contributed by atoms with Crippen molar-refractivity contribution in [2.45, 2.75) is 37.6 Å². The number of carbonyl (C=O) groups excluding carboxylic acids is 2. The zero-order valence-electron chi connectivity index (χ0n) is 17.3. The summed E-state index contributed by atoms with van der Waals surface area (Å²) in [5, 5.41) is 25.0. The van der Waals surface area contributed by atoms with Crippen molar-refractivity contribution in [3.63, 3.8) is 0 Å². The molecule has 1 saturated heterocycles. The van der Waals surface area contributed by atoms with Crippen LogP contribution in [0.1, 0.15) is 30.1 Å². The third kappa shape index (κ3) is 4.07. The van der Waals surface area contributed by atoms with Gasteiger partial charge in [-0.15, -0.1) is 5.10 Å². The van der Waals surface area contributed by atoms with E-state index in [-0.39, 0.29) is 30.0 Å². The Morgan fingerprint density at radius 3 is 2.82 bits per heavy atom. The first kappa shape index (κ1) is 21.5. The highest BCUT2D eigenvalue weighted by molar-refractivity contribution is 6.30. The maximum absolute atomic E-state index is 14.1. The van der Waals surface area contributed by atoms with Gasteiger partial charge in [-0.3, -0.25) is 9.59 Å². The first-order valence-electron chi connectivity index (χ1n) is 10.5. The van der Waals surface area contributed by atoms with Crippen LogP contribution in [0.3, 0.4) is 0 Å². The molecule has 0 spiro atoms. The van der Waals surface area contributed by atoms with Crippen LogP contribution in [0.4, 0.5) is 4.39 Å². The van der Waals surface area contributed by atoms with Gasteiger partial charge in [0.15, 0.2) is 6.10 Å². The van der Waals surface area contributed by atoms with E-state index in [4.69, 9.17) is 11.6 Å². The Kier molecular flexibility index (Phi) is 5.55. The number of hydrogen-bond donors (Lipinski definition) is 2. The molecule has 1 aliphatic heterocycles. The van der Waals surface area contributed by atoms with Crippen LogP contribution in [0, 0.1) is 11.7 Å². The minimum atomic E-state index is -1.67. The second kappa shape index (κ2) is 8.53. The zero-order valence-corrected chi connectivity index (χ0v) is 18.1. The number of aromatic nitrogens is 4. The van der Waals surface area contributed by atoms with E-state index in [9.17, 15) is 19.1 Å². The molecule has 2 aliphatic rings. The summed E-state index contributed by atoms with van der Waals surface area (Å²) in [4.78, 5) is 27.5. The Labute approximate surface area is 193 Å². The number of likely N-dealkylation sites (tertiary alicyclic amines) is 1. The molecule has 1 unspecified atom stereocenters. The molecule has 170 valence electrons. The highest BCUT2D eigenvalue weighted by atomic mass is 35.5. The van der Waals surface area contributed by atoms with Gasteiger partial charge >= 0.3 is 0 Å². The van der Waals surface area contributed by atoms with Crippen LogP contribution in [-0.4, -0.2) is 54.1 Å². The fourth-order valence-corrected chi connectivity index (χ4v) is 4.66. The van der Waals surface area contributed by atoms with Crippen molar-refractivity contribution in [2.75, 3.05) is 0 Å². The van der Waals surface area contributed by atoms with Gasteiger partial charge in [-0.05, 0) is 59.0 Å². The molecule has 2 heterocycles. The van der Waals surface area contributed by atoms with E-state index in [1.54, 1.807) is 24.3 Å². The average Bonchev–Trinajstić information content (AvgIpc) is 3.21. The number of aliphatic hydroxyl groups excluding tert-OH is 1. The van der Waals surface area contributed by atoms with Gasteiger partial charge in [0, 0.05) is 23.2 Å². The van der Waals surface area contributed by atoms with Gasteiger partial charge in [-0.25, -0.2) is 9.07 Å². The van der Waals surface area contributed by atoms with Crippen LogP contribution >= 0.6 is 11.6 Å². The van der Waals surface area contributed by atoms with E-state index >= 15 is 0 Å². The maximum Gasteiger partial charge on any atom is 0.257 e. The van der Waals surface area contributed by atoms with Gasteiger partial charge < -0.3 is 15.3 Å². The summed E-state index contributed by atoms with van der Waals surface area (Å²) < 4.78 is 15.6. The van der Waals surface area contributed by atoms with Crippen LogP contribution in [0.2, 0.25) is 5.02 Å². The number of tetrazole rings is 1. The number of aliphatic hydroxyl groups is 1. The van der Waals surface area contributed by atoms with Gasteiger partial charge in [0.05, 0.1) is 5.69 Å². The maximum atomic E-state index is 14.1. The summed E-state index contributed by atoms with van der Waals surface area (Å²) in [7, 11) is 0. The van der Waals surface area contributed by atoms with E-state index in [0.717, 1.165) is 6.42 Å². The molecule has 2 amide bonds. The summed E-state index contributed by atoms with van der Waals surface area (Å²) in [6, 6.07) is 9.88. The Bertz CT molecular complexity index is 1210. The molecule has 4 atom stereocenters. The number of piperidine rings is 1. The van der Waals surface area contributed by atoms with Crippen molar-refractivity contribution in [1.82, 2.24) is 30.4 Å². The van der Waals surface area contributed by atoms with Crippen molar-refractivity contribution in [2.24, 2.45) is 5.92 Å². The summed E-state index contributed by atoms with van der Waals surface area (Å²) in [6.45, 7) is 0.137. The lowest BCUT2D eigenvalue weighted by Gasteiger charge is -2.29. The molecule has 1 aromatic heterocycles. The minimum Gasteiger partial charge on any atom is -0.378 e. The number of benzene rings is 2. The van der Waals surface area contributed by atoms with Gasteiger partial charge in [-0.2, -0.15) is 0 Å². The first-order valence-corrected chi connectivity index (χ1v) is 10.9. The zero-order chi connectivity index (χ0) is 23.1. The summed E-state index contributed by atoms with van der Waals surface area (Å²) in [6.07, 6.45) is 1.04. The molecule has 9 nitrogen and oxygen atoms in total. The number of nitrogens with zero attached hydrogens (tertiary/aromatic N) is 5. The SMILES string of the molecule is O=C(NCc1cc(Cl)ccc1-n1cnnn1)[C@@H]1C[C@H]2C[C@H]2N1C(=O)C(O)c1ccccc1F. The molecule has 2 aromatic carbocycles. The quantitative estimate of drug-likeness (QED) is 0.568. The summed E-state index contributed by atoms with van der Waals surface area (Å²) >= 11 is 6.13. The van der Waals surface area contributed by atoms with Crippen molar-refractivity contribution in [3.05, 3.63) is 70.8 Å². The minimum absolute atomic E-state index is 0.101. The van der Waals surface area contributed by atoms with E-state index in [0.29, 0.717) is 22.7 Å². The van der Waals surface area contributed by atoms with Gasteiger partial charge in [0.25, 0.3) is 5.91 Å². The van der Waals surface area contributed by atoms with E-state index in [1.165, 1.54) is 34.1 Å². The topological polar surface area (TPSA) is 113 Å². The average molecular weight is 471 g/mol. The summed E-state index contributed by atoms with van der Waals surface area (Å²) in [5.41, 5.74) is 1.24. The fourth-order valence-electron chi connectivity index (χ4n) is 4.47. The third-order valence-electron chi connectivity index (χ3n) is 6.19. The first-order chi connectivity index (χ1) is 15.9. The van der Waals surface area contributed by atoms with Crippen LogP contribution < -0.4 is 5.32 Å². The molecule has 5 rings (SSSR count). The number of rotatable bonds is 6. The lowest BCUT2D eigenvalue weighted by Crippen LogP contribution is -2.49. The van der Waals surface area contributed by atoms with Crippen molar-refractivity contribution < 1.29 is 19.1 Å². The van der Waals surface area contributed by atoms with Gasteiger partial charge in [0.2, 0.25) is 5.91 Å². The Morgan fingerprint density at radius 2 is 2.06 bits per heavy atom. The number of amides is 2. The predicted octanol–water partition coefficient (Wildman–Crippen LogP) is 1.79. The van der Waals surface area contributed by atoms with Crippen LogP contribution in [-0.2, 0) is 16.1 Å². The van der Waals surface area contributed by atoms with Gasteiger partial charge in [-0.1, -0.05) is 29.8 Å². The molecule has 1 aliphatic carbocycles. The predicted molar refractivity (Wildman–Crippen MR) is 115 cm³/mol. The largest absolute Gasteiger partial charge is 0.378 e. The molecule has 2 fully saturated rings. The number of carbonyl (C=O) groups is 2. The van der Waals surface area contributed by atoms with Crippen LogP contribution in [0.25, 0.3) is 5.69 Å². The highest BCUT2D eigenvalue weighted by Gasteiger charge is 2.56. The smallest absolute Gasteiger partial charge is 0.257 e. The molecule has 3 aromatic rings. The van der Waals surface area contributed by atoms with Crippen LogP contribution in [0.5, 0.6) is 0 Å². The second-order valence-corrected chi connectivity index (χ2v) is 8.67. The lowest BCUT2D eigenvalue weighted by molar-refractivity contribution is -0.147. The lowest BCUT2D eigenvalue weighted by atomic mass is 10.1. The van der Waals surface area contributed by atoms with Gasteiger partial charge in [0.1, 0.15) is 18.2 Å². The van der Waals surface area contributed by atoms with Crippen LogP contribution in [0.15, 0.2) is 48.8 Å². The summed E-state index contributed by atoms with van der Waals surface area (Å²) in [5.74, 6) is -1.47. The Balaban J connectivity index is 1.32. The molecular formula is C22H20ClFN6O3. The monoisotopic (exact) mass is 470 g/mol. The second-order valence-electron chi connectivity index (χ2n) is 8.23. The molecule has 33 heavy (non-hydrogen) atoms. The Morgan fingerprint density at radius 1 is 1.24 bits per heavy atom. The number of nitrogens with one attached hydrogen (secondary N) is 1. The number of halogens is 2. The molecule has 1 saturated carbocycles. The van der Waals surface area contributed by atoms with Crippen molar-refractivity contribution >= 4 is 23.4 Å². The standard InChI is InChI=1S/C22H20ClFN6O3/c23-14-5-6-17(29-11-26-27-28-29)13(7-14)10-25-21(32)19-9-12-8-18(12)30(19)22(33)20(31)15-3-1-2-4-16(15)24/h1-7,11-12,18-20,31H,8-10H2,(H,25,32)/t12-,18-,19+,20?/m1/s1. The van der Waals surface area contributed by atoms with Crippen molar-refractivity contribution in [3.8, 4) is 5.69 Å². The third-order valence-corrected chi connectivity index (χ3v) is 6.42. The van der Waals surface area contributed by atoms with E-state index in [2.05, 4.69) is 20.8 Å². The number of fused-ring (bicyclic) bond motifs is 1. The van der Waals surface area contributed by atoms with E-state index in [1.807, 2.05) is 0 Å².